The number of halogens is 2. The van der Waals surface area contributed by atoms with Crippen molar-refractivity contribution in [3.05, 3.63) is 65.1 Å². The molecule has 2 heterocycles. The van der Waals surface area contributed by atoms with Gasteiger partial charge >= 0.3 is 0 Å². The molecule has 4 rings (SSSR count). The van der Waals surface area contributed by atoms with Crippen LogP contribution in [0.15, 0.2) is 36.7 Å². The molecule has 3 aromatic rings. The summed E-state index contributed by atoms with van der Waals surface area (Å²) in [6.07, 6.45) is 5.80. The first-order valence-corrected chi connectivity index (χ1v) is 9.92. The molecule has 158 valence electrons. The number of ether oxygens (including phenoxy) is 1. The number of pyridine rings is 1. The smallest absolute Gasteiger partial charge is 0.272 e. The van der Waals surface area contributed by atoms with Gasteiger partial charge in [-0.15, -0.1) is 0 Å². The third-order valence-corrected chi connectivity index (χ3v) is 5.79. The first-order valence-electron chi connectivity index (χ1n) is 9.92. The van der Waals surface area contributed by atoms with Gasteiger partial charge in [0.1, 0.15) is 23.9 Å². The Labute approximate surface area is 173 Å². The van der Waals surface area contributed by atoms with E-state index in [0.717, 1.165) is 24.8 Å². The molecule has 0 bridgehead atoms. The Morgan fingerprint density at radius 2 is 2.03 bits per heavy atom. The first kappa shape index (κ1) is 20.3. The second-order valence-electron chi connectivity index (χ2n) is 7.80. The number of amides is 1. The molecule has 30 heavy (non-hydrogen) atoms. The van der Waals surface area contributed by atoms with Crippen molar-refractivity contribution in [1.82, 2.24) is 14.3 Å². The minimum absolute atomic E-state index is 0.100. The fourth-order valence-corrected chi connectivity index (χ4v) is 3.96. The average molecular weight is 414 g/mol. The van der Waals surface area contributed by atoms with Gasteiger partial charge in [0, 0.05) is 25.3 Å². The Morgan fingerprint density at radius 1 is 1.30 bits per heavy atom. The number of fused-ring (bicyclic) bond motifs is 1. The van der Waals surface area contributed by atoms with Crippen LogP contribution in [-0.2, 0) is 6.61 Å². The lowest BCUT2D eigenvalue weighted by molar-refractivity contribution is 0.0727. The summed E-state index contributed by atoms with van der Waals surface area (Å²) in [7, 11) is 1.77. The summed E-state index contributed by atoms with van der Waals surface area (Å²) in [6, 6.07) is 5.68. The molecule has 1 aromatic carbocycles. The summed E-state index contributed by atoms with van der Waals surface area (Å²) < 4.78 is 35.3. The van der Waals surface area contributed by atoms with Crippen LogP contribution in [0, 0.1) is 18.6 Å². The SMILES string of the molecule is Cc1ccn2c(C(=O)N(C)C3CCC(N)C3)cnc2c1OCc1c(F)cccc1F. The molecule has 6 nitrogen and oxygen atoms in total. The van der Waals surface area contributed by atoms with Gasteiger partial charge in [-0.1, -0.05) is 6.07 Å². The van der Waals surface area contributed by atoms with E-state index in [4.69, 9.17) is 10.5 Å². The Hall–Kier alpha value is -3.00. The van der Waals surface area contributed by atoms with Crippen molar-refractivity contribution in [3.8, 4) is 5.75 Å². The number of carbonyl (C=O) groups excluding carboxylic acids is 1. The zero-order valence-corrected chi connectivity index (χ0v) is 16.9. The van der Waals surface area contributed by atoms with Gasteiger partial charge in [0.15, 0.2) is 11.4 Å². The van der Waals surface area contributed by atoms with E-state index < -0.39 is 11.6 Å². The maximum absolute atomic E-state index is 13.9. The van der Waals surface area contributed by atoms with Gasteiger partial charge in [0.25, 0.3) is 5.91 Å². The molecule has 1 fully saturated rings. The standard InChI is InChI=1S/C22H24F2N4O2/c1-13-8-9-28-19(22(29)27(2)15-7-6-14(25)10-15)11-26-21(28)20(13)30-12-16-17(23)4-3-5-18(16)24/h3-5,8-9,11,14-15H,6-7,10,12,25H2,1-2H3. The van der Waals surface area contributed by atoms with Crippen LogP contribution in [0.25, 0.3) is 5.65 Å². The maximum Gasteiger partial charge on any atom is 0.272 e. The van der Waals surface area contributed by atoms with Gasteiger partial charge in [-0.3, -0.25) is 9.20 Å². The van der Waals surface area contributed by atoms with Gasteiger partial charge in [-0.05, 0) is 49.9 Å². The number of aryl methyl sites for hydroxylation is 1. The number of benzene rings is 1. The lowest BCUT2D eigenvalue weighted by Gasteiger charge is -2.24. The van der Waals surface area contributed by atoms with Crippen molar-refractivity contribution in [1.29, 1.82) is 0 Å². The van der Waals surface area contributed by atoms with E-state index in [2.05, 4.69) is 4.98 Å². The Kier molecular flexibility index (Phi) is 5.42. The normalized spacial score (nSPS) is 18.7. The molecule has 1 amide bonds. The van der Waals surface area contributed by atoms with Crippen LogP contribution in [0.5, 0.6) is 5.75 Å². The maximum atomic E-state index is 13.9. The molecule has 8 heteroatoms. The summed E-state index contributed by atoms with van der Waals surface area (Å²) in [5.41, 5.74) is 7.40. The highest BCUT2D eigenvalue weighted by Crippen LogP contribution is 2.28. The predicted molar refractivity (Wildman–Crippen MR) is 108 cm³/mol. The predicted octanol–water partition coefficient (Wildman–Crippen LogP) is 3.45. The number of hydrogen-bond acceptors (Lipinski definition) is 4. The Balaban J connectivity index is 1.62. The van der Waals surface area contributed by atoms with Crippen LogP contribution >= 0.6 is 0 Å². The zero-order valence-electron chi connectivity index (χ0n) is 16.9. The fourth-order valence-electron chi connectivity index (χ4n) is 3.96. The van der Waals surface area contributed by atoms with Gasteiger partial charge in [0.2, 0.25) is 0 Å². The summed E-state index contributed by atoms with van der Waals surface area (Å²) in [6.45, 7) is 1.53. The zero-order chi connectivity index (χ0) is 21.4. The van der Waals surface area contributed by atoms with E-state index >= 15 is 0 Å². The molecule has 0 spiro atoms. The van der Waals surface area contributed by atoms with E-state index in [1.807, 2.05) is 6.92 Å². The Bertz CT molecular complexity index is 1080. The molecule has 1 aliphatic carbocycles. The molecule has 2 N–H and O–H groups in total. The van der Waals surface area contributed by atoms with Gasteiger partial charge in [-0.2, -0.15) is 0 Å². The topological polar surface area (TPSA) is 72.9 Å². The highest BCUT2D eigenvalue weighted by molar-refractivity contribution is 5.93. The monoisotopic (exact) mass is 414 g/mol. The van der Waals surface area contributed by atoms with Crippen LogP contribution < -0.4 is 10.5 Å². The summed E-state index contributed by atoms with van der Waals surface area (Å²) in [4.78, 5) is 19.1. The quantitative estimate of drug-likeness (QED) is 0.694. The van der Waals surface area contributed by atoms with Gasteiger partial charge in [0.05, 0.1) is 11.8 Å². The lowest BCUT2D eigenvalue weighted by Crippen LogP contribution is -2.36. The molecule has 0 saturated heterocycles. The highest BCUT2D eigenvalue weighted by atomic mass is 19.1. The number of imidazole rings is 1. The molecule has 2 aromatic heterocycles. The van der Waals surface area contributed by atoms with E-state index in [9.17, 15) is 13.6 Å². The van der Waals surface area contributed by atoms with Crippen molar-refractivity contribution >= 4 is 11.6 Å². The number of aromatic nitrogens is 2. The van der Waals surface area contributed by atoms with E-state index in [1.165, 1.54) is 24.4 Å². The van der Waals surface area contributed by atoms with E-state index in [1.54, 1.807) is 28.6 Å². The van der Waals surface area contributed by atoms with Crippen molar-refractivity contribution in [2.75, 3.05) is 7.05 Å². The summed E-state index contributed by atoms with van der Waals surface area (Å²) in [5, 5.41) is 0. The third kappa shape index (κ3) is 3.63. The molecular formula is C22H24F2N4O2. The first-order chi connectivity index (χ1) is 14.4. The van der Waals surface area contributed by atoms with Crippen molar-refractivity contribution in [3.63, 3.8) is 0 Å². The molecule has 0 aliphatic heterocycles. The Morgan fingerprint density at radius 3 is 2.70 bits per heavy atom. The number of rotatable bonds is 5. The van der Waals surface area contributed by atoms with E-state index in [-0.39, 0.29) is 30.2 Å². The van der Waals surface area contributed by atoms with Gasteiger partial charge in [-0.25, -0.2) is 13.8 Å². The molecule has 1 saturated carbocycles. The minimum Gasteiger partial charge on any atom is -0.484 e. The van der Waals surface area contributed by atoms with Crippen LogP contribution in [-0.4, -0.2) is 39.3 Å². The van der Waals surface area contributed by atoms with Crippen LogP contribution in [0.1, 0.15) is 40.9 Å². The second kappa shape index (κ2) is 8.02. The number of hydrogen-bond donors (Lipinski definition) is 1. The van der Waals surface area contributed by atoms with Crippen LogP contribution in [0.3, 0.4) is 0 Å². The van der Waals surface area contributed by atoms with Crippen LogP contribution in [0.4, 0.5) is 8.78 Å². The summed E-state index contributed by atoms with van der Waals surface area (Å²) in [5.74, 6) is -1.12. The molecule has 2 atom stereocenters. The fraction of sp³-hybridized carbons (Fsp3) is 0.364. The summed E-state index contributed by atoms with van der Waals surface area (Å²) >= 11 is 0. The molecule has 1 aliphatic rings. The van der Waals surface area contributed by atoms with Gasteiger partial charge < -0.3 is 15.4 Å². The average Bonchev–Trinajstić information content (AvgIpc) is 3.34. The van der Waals surface area contributed by atoms with Crippen LogP contribution in [0.2, 0.25) is 0 Å². The van der Waals surface area contributed by atoms with E-state index in [0.29, 0.717) is 17.1 Å². The highest BCUT2D eigenvalue weighted by Gasteiger charge is 2.30. The third-order valence-electron chi connectivity index (χ3n) is 5.79. The van der Waals surface area contributed by atoms with Crippen molar-refractivity contribution < 1.29 is 18.3 Å². The number of nitrogens with two attached hydrogens (primary N) is 1. The largest absolute Gasteiger partial charge is 0.484 e. The van der Waals surface area contributed by atoms with Crippen molar-refractivity contribution in [2.45, 2.75) is 44.9 Å². The second-order valence-corrected chi connectivity index (χ2v) is 7.80. The minimum atomic E-state index is -0.671. The molecular weight excluding hydrogens is 390 g/mol. The lowest BCUT2D eigenvalue weighted by atomic mass is 10.2. The molecule has 2 unspecified atom stereocenters. The molecule has 0 radical (unpaired) electrons. The van der Waals surface area contributed by atoms with Crippen molar-refractivity contribution in [2.24, 2.45) is 5.73 Å². The number of nitrogens with zero attached hydrogens (tertiary/aromatic N) is 3. The number of carbonyl (C=O) groups is 1.